The number of carbonyl (C=O) groups is 1. The van der Waals surface area contributed by atoms with E-state index < -0.39 is 0 Å². The number of carbonyl (C=O) groups excluding carboxylic acids is 1. The largest absolute Gasteiger partial charge is 0.497 e. The molecule has 1 heterocycles. The molecule has 3 aromatic rings. The van der Waals surface area contributed by atoms with Crippen LogP contribution in [0.5, 0.6) is 5.75 Å². The minimum atomic E-state index is -0.167. The smallest absolute Gasteiger partial charge is 0.244 e. The Bertz CT molecular complexity index is 960. The Hall–Kier alpha value is -3.08. The Kier molecular flexibility index (Phi) is 4.33. The number of anilines is 1. The monoisotopic (exact) mass is 322 g/mol. The van der Waals surface area contributed by atoms with E-state index in [1.807, 2.05) is 41.8 Å². The first-order valence-electron chi connectivity index (χ1n) is 7.61. The fourth-order valence-corrected chi connectivity index (χ4v) is 2.71. The van der Waals surface area contributed by atoms with Crippen molar-refractivity contribution in [1.82, 2.24) is 4.57 Å². The second-order valence-electron chi connectivity index (χ2n) is 5.53. The van der Waals surface area contributed by atoms with Crippen LogP contribution in [0.2, 0.25) is 0 Å². The number of ether oxygens (including phenoxy) is 1. The van der Waals surface area contributed by atoms with E-state index in [9.17, 15) is 9.59 Å². The van der Waals surface area contributed by atoms with Gasteiger partial charge in [0, 0.05) is 28.9 Å². The van der Waals surface area contributed by atoms with E-state index in [0.717, 1.165) is 11.2 Å². The Labute approximate surface area is 139 Å². The Morgan fingerprint density at radius 3 is 2.71 bits per heavy atom. The molecule has 1 N–H and O–H groups in total. The van der Waals surface area contributed by atoms with Gasteiger partial charge in [-0.3, -0.25) is 9.59 Å². The van der Waals surface area contributed by atoms with Gasteiger partial charge in [0.05, 0.1) is 12.6 Å². The molecule has 0 aliphatic carbocycles. The zero-order valence-corrected chi connectivity index (χ0v) is 13.6. The Balaban J connectivity index is 1.89. The predicted molar refractivity (Wildman–Crippen MR) is 94.6 cm³/mol. The zero-order valence-electron chi connectivity index (χ0n) is 13.6. The second-order valence-corrected chi connectivity index (χ2v) is 5.53. The minimum Gasteiger partial charge on any atom is -0.497 e. The SMILES string of the molecule is COc1cccc(NC(=O)Cn2c(C)cc(=O)c3ccccc32)c1. The van der Waals surface area contributed by atoms with Crippen molar-refractivity contribution in [2.24, 2.45) is 0 Å². The van der Waals surface area contributed by atoms with Gasteiger partial charge in [-0.1, -0.05) is 18.2 Å². The Morgan fingerprint density at radius 1 is 1.12 bits per heavy atom. The maximum Gasteiger partial charge on any atom is 0.244 e. The standard InChI is InChI=1S/C19H18N2O3/c1-13-10-18(22)16-8-3-4-9-17(16)21(13)12-19(23)20-14-6-5-7-15(11-14)24-2/h3-11H,12H2,1-2H3,(H,20,23). The summed E-state index contributed by atoms with van der Waals surface area (Å²) in [4.78, 5) is 24.5. The lowest BCUT2D eigenvalue weighted by molar-refractivity contribution is -0.116. The summed E-state index contributed by atoms with van der Waals surface area (Å²) >= 11 is 0. The third kappa shape index (κ3) is 3.15. The molecule has 1 aromatic heterocycles. The molecular formula is C19H18N2O3. The normalized spacial score (nSPS) is 10.6. The van der Waals surface area contributed by atoms with Gasteiger partial charge in [-0.25, -0.2) is 0 Å². The van der Waals surface area contributed by atoms with E-state index in [1.54, 1.807) is 31.4 Å². The van der Waals surface area contributed by atoms with Crippen molar-refractivity contribution >= 4 is 22.5 Å². The van der Waals surface area contributed by atoms with Gasteiger partial charge in [-0.15, -0.1) is 0 Å². The molecule has 0 bridgehead atoms. The molecule has 3 rings (SSSR count). The molecule has 122 valence electrons. The molecule has 0 radical (unpaired) electrons. The fraction of sp³-hybridized carbons (Fsp3) is 0.158. The van der Waals surface area contributed by atoms with Crippen molar-refractivity contribution < 1.29 is 9.53 Å². The van der Waals surface area contributed by atoms with E-state index >= 15 is 0 Å². The first kappa shape index (κ1) is 15.8. The number of methoxy groups -OCH3 is 1. The summed E-state index contributed by atoms with van der Waals surface area (Å²) in [5.41, 5.74) is 2.14. The third-order valence-corrected chi connectivity index (χ3v) is 3.88. The summed E-state index contributed by atoms with van der Waals surface area (Å²) in [6.07, 6.45) is 0. The number of hydrogen-bond acceptors (Lipinski definition) is 3. The number of nitrogens with one attached hydrogen (secondary N) is 1. The molecule has 0 saturated carbocycles. The highest BCUT2D eigenvalue weighted by Crippen LogP contribution is 2.17. The van der Waals surface area contributed by atoms with Gasteiger partial charge in [0.25, 0.3) is 0 Å². The van der Waals surface area contributed by atoms with Crippen molar-refractivity contribution in [1.29, 1.82) is 0 Å². The number of fused-ring (bicyclic) bond motifs is 1. The van der Waals surface area contributed by atoms with Crippen molar-refractivity contribution in [2.75, 3.05) is 12.4 Å². The number of rotatable bonds is 4. The minimum absolute atomic E-state index is 0.0347. The zero-order chi connectivity index (χ0) is 17.1. The van der Waals surface area contributed by atoms with Crippen LogP contribution in [-0.4, -0.2) is 17.6 Å². The van der Waals surface area contributed by atoms with Crippen LogP contribution in [0, 0.1) is 6.92 Å². The molecule has 0 unspecified atom stereocenters. The van der Waals surface area contributed by atoms with Gasteiger partial charge in [-0.2, -0.15) is 0 Å². The topological polar surface area (TPSA) is 60.3 Å². The van der Waals surface area contributed by atoms with Gasteiger partial charge in [-0.05, 0) is 31.2 Å². The molecule has 0 saturated heterocycles. The van der Waals surface area contributed by atoms with Crippen molar-refractivity contribution in [3.8, 4) is 5.75 Å². The number of nitrogens with zero attached hydrogens (tertiary/aromatic N) is 1. The molecule has 0 aliphatic heterocycles. The molecule has 1 amide bonds. The first-order valence-corrected chi connectivity index (χ1v) is 7.61. The molecule has 0 atom stereocenters. The number of hydrogen-bond donors (Lipinski definition) is 1. The predicted octanol–water partition coefficient (Wildman–Crippen LogP) is 2.96. The molecule has 2 aromatic carbocycles. The van der Waals surface area contributed by atoms with Gasteiger partial charge in [0.15, 0.2) is 5.43 Å². The molecule has 5 heteroatoms. The summed E-state index contributed by atoms with van der Waals surface area (Å²) < 4.78 is 6.99. The summed E-state index contributed by atoms with van der Waals surface area (Å²) in [7, 11) is 1.58. The van der Waals surface area contributed by atoms with E-state index in [-0.39, 0.29) is 17.9 Å². The average Bonchev–Trinajstić information content (AvgIpc) is 2.59. The lowest BCUT2D eigenvalue weighted by atomic mass is 10.2. The van der Waals surface area contributed by atoms with Crippen LogP contribution in [0.1, 0.15) is 5.69 Å². The highest BCUT2D eigenvalue weighted by atomic mass is 16.5. The number of aromatic nitrogens is 1. The van der Waals surface area contributed by atoms with Crippen LogP contribution in [0.4, 0.5) is 5.69 Å². The van der Waals surface area contributed by atoms with Gasteiger partial charge >= 0.3 is 0 Å². The molecule has 5 nitrogen and oxygen atoms in total. The van der Waals surface area contributed by atoms with Crippen LogP contribution >= 0.6 is 0 Å². The molecule has 0 fully saturated rings. The number of para-hydroxylation sites is 1. The second kappa shape index (κ2) is 6.58. The summed E-state index contributed by atoms with van der Waals surface area (Å²) in [5.74, 6) is 0.512. The molecule has 24 heavy (non-hydrogen) atoms. The highest BCUT2D eigenvalue weighted by molar-refractivity contribution is 5.92. The Morgan fingerprint density at radius 2 is 1.92 bits per heavy atom. The number of benzene rings is 2. The lowest BCUT2D eigenvalue weighted by Gasteiger charge is -2.14. The third-order valence-electron chi connectivity index (χ3n) is 3.88. The van der Waals surface area contributed by atoms with E-state index in [4.69, 9.17) is 4.74 Å². The van der Waals surface area contributed by atoms with Crippen molar-refractivity contribution in [3.05, 3.63) is 70.5 Å². The van der Waals surface area contributed by atoms with E-state index in [1.165, 1.54) is 0 Å². The number of pyridine rings is 1. The molecule has 0 spiro atoms. The summed E-state index contributed by atoms with van der Waals surface area (Å²) in [6.45, 7) is 1.95. The highest BCUT2D eigenvalue weighted by Gasteiger charge is 2.10. The van der Waals surface area contributed by atoms with Gasteiger partial charge in [0.1, 0.15) is 12.3 Å². The van der Waals surface area contributed by atoms with Crippen molar-refractivity contribution in [2.45, 2.75) is 13.5 Å². The van der Waals surface area contributed by atoms with Gasteiger partial charge < -0.3 is 14.6 Å². The summed E-state index contributed by atoms with van der Waals surface area (Å²) in [6, 6.07) is 16.0. The van der Waals surface area contributed by atoms with E-state index in [0.29, 0.717) is 16.8 Å². The maximum absolute atomic E-state index is 12.4. The van der Waals surface area contributed by atoms with Crippen LogP contribution < -0.4 is 15.5 Å². The van der Waals surface area contributed by atoms with Crippen LogP contribution in [-0.2, 0) is 11.3 Å². The quantitative estimate of drug-likeness (QED) is 0.803. The number of aryl methyl sites for hydroxylation is 1. The first-order chi connectivity index (χ1) is 11.6. The number of amides is 1. The maximum atomic E-state index is 12.4. The average molecular weight is 322 g/mol. The van der Waals surface area contributed by atoms with Crippen molar-refractivity contribution in [3.63, 3.8) is 0 Å². The molecule has 0 aliphatic rings. The van der Waals surface area contributed by atoms with Crippen LogP contribution in [0.15, 0.2) is 59.4 Å². The lowest BCUT2D eigenvalue weighted by Crippen LogP contribution is -2.22. The van der Waals surface area contributed by atoms with E-state index in [2.05, 4.69) is 5.32 Å². The van der Waals surface area contributed by atoms with Crippen LogP contribution in [0.3, 0.4) is 0 Å². The van der Waals surface area contributed by atoms with Crippen LogP contribution in [0.25, 0.3) is 10.9 Å². The van der Waals surface area contributed by atoms with Gasteiger partial charge in [0.2, 0.25) is 5.91 Å². The fourth-order valence-electron chi connectivity index (χ4n) is 2.71. The molecular weight excluding hydrogens is 304 g/mol. The summed E-state index contributed by atoms with van der Waals surface area (Å²) in [5, 5.41) is 3.46.